The van der Waals surface area contributed by atoms with Gasteiger partial charge in [-0.15, -0.1) is 0 Å². The third kappa shape index (κ3) is 2.25. The Bertz CT molecular complexity index is 408. The molecular formula is C15H16N. The highest BCUT2D eigenvalue weighted by Crippen LogP contribution is 2.24. The van der Waals surface area contributed by atoms with E-state index < -0.39 is 0 Å². The molecule has 2 rings (SSSR count). The fraction of sp³-hybridized carbons (Fsp3) is 0.133. The lowest BCUT2D eigenvalue weighted by Gasteiger charge is -2.19. The van der Waals surface area contributed by atoms with Crippen molar-refractivity contribution < 1.29 is 0 Å². The lowest BCUT2D eigenvalue weighted by Crippen LogP contribution is -2.05. The molecule has 0 N–H and O–H groups in total. The van der Waals surface area contributed by atoms with Gasteiger partial charge in [0.05, 0.1) is 0 Å². The normalized spacial score (nSPS) is 10.2. The van der Waals surface area contributed by atoms with Crippen LogP contribution in [0.25, 0.3) is 0 Å². The number of aryl methyl sites for hydroxylation is 2. The van der Waals surface area contributed by atoms with Crippen molar-refractivity contribution in [3.8, 4) is 0 Å². The molecule has 0 aliphatic heterocycles. The van der Waals surface area contributed by atoms with Crippen LogP contribution in [0.5, 0.6) is 0 Å². The maximum absolute atomic E-state index is 4.07. The Morgan fingerprint density at radius 2 is 1.00 bits per heavy atom. The van der Waals surface area contributed by atoms with Crippen LogP contribution in [-0.2, 0) is 0 Å². The summed E-state index contributed by atoms with van der Waals surface area (Å²) in [4.78, 5) is 1.94. The van der Waals surface area contributed by atoms with Crippen LogP contribution in [0.2, 0.25) is 0 Å². The molecule has 1 radical (unpaired) electrons. The van der Waals surface area contributed by atoms with Gasteiger partial charge in [-0.3, -0.25) is 0 Å². The van der Waals surface area contributed by atoms with Gasteiger partial charge in [0.15, 0.2) is 0 Å². The van der Waals surface area contributed by atoms with Gasteiger partial charge in [-0.1, -0.05) is 35.4 Å². The van der Waals surface area contributed by atoms with E-state index >= 15 is 0 Å². The molecule has 0 atom stereocenters. The van der Waals surface area contributed by atoms with Gasteiger partial charge < -0.3 is 4.90 Å². The SMILES string of the molecule is [CH2]N(c1ccc(C)cc1)c1ccc(C)cc1. The van der Waals surface area contributed by atoms with E-state index in [1.165, 1.54) is 11.1 Å². The maximum Gasteiger partial charge on any atom is 0.0411 e. The van der Waals surface area contributed by atoms with E-state index in [1.807, 2.05) is 4.90 Å². The van der Waals surface area contributed by atoms with Crippen LogP contribution < -0.4 is 4.90 Å². The third-order valence-electron chi connectivity index (χ3n) is 2.69. The Balaban J connectivity index is 2.28. The first-order chi connectivity index (χ1) is 7.66. The molecule has 16 heavy (non-hydrogen) atoms. The Hall–Kier alpha value is -1.76. The summed E-state index contributed by atoms with van der Waals surface area (Å²) in [6, 6.07) is 16.7. The second kappa shape index (κ2) is 4.40. The molecule has 0 fully saturated rings. The first-order valence-electron chi connectivity index (χ1n) is 5.41. The van der Waals surface area contributed by atoms with Crippen LogP contribution in [-0.4, -0.2) is 0 Å². The molecule has 2 aromatic carbocycles. The highest BCUT2D eigenvalue weighted by atomic mass is 15.1. The molecule has 1 nitrogen and oxygen atoms in total. The van der Waals surface area contributed by atoms with Crippen molar-refractivity contribution in [1.82, 2.24) is 0 Å². The monoisotopic (exact) mass is 210 g/mol. The first-order valence-corrected chi connectivity index (χ1v) is 5.41. The number of rotatable bonds is 2. The van der Waals surface area contributed by atoms with Crippen LogP contribution in [0.3, 0.4) is 0 Å². The van der Waals surface area contributed by atoms with Crippen molar-refractivity contribution in [3.05, 3.63) is 66.7 Å². The summed E-state index contributed by atoms with van der Waals surface area (Å²) in [5.74, 6) is 0. The average molecular weight is 210 g/mol. The van der Waals surface area contributed by atoms with Crippen molar-refractivity contribution in [2.45, 2.75) is 13.8 Å². The zero-order valence-corrected chi connectivity index (χ0v) is 9.77. The van der Waals surface area contributed by atoms with Crippen molar-refractivity contribution in [3.63, 3.8) is 0 Å². The molecule has 0 saturated carbocycles. The van der Waals surface area contributed by atoms with E-state index in [2.05, 4.69) is 69.4 Å². The largest absolute Gasteiger partial charge is 0.340 e. The Morgan fingerprint density at radius 3 is 1.31 bits per heavy atom. The summed E-state index contributed by atoms with van der Waals surface area (Å²) in [6.07, 6.45) is 0. The smallest absolute Gasteiger partial charge is 0.0411 e. The molecule has 2 aromatic rings. The minimum Gasteiger partial charge on any atom is -0.340 e. The van der Waals surface area contributed by atoms with E-state index in [1.54, 1.807) is 0 Å². The van der Waals surface area contributed by atoms with E-state index in [-0.39, 0.29) is 0 Å². The first kappa shape index (κ1) is 10.7. The minimum atomic E-state index is 1.11. The van der Waals surface area contributed by atoms with Gasteiger partial charge in [-0.2, -0.15) is 0 Å². The molecule has 0 spiro atoms. The number of hydrogen-bond acceptors (Lipinski definition) is 1. The predicted molar refractivity (Wildman–Crippen MR) is 69.9 cm³/mol. The summed E-state index contributed by atoms with van der Waals surface area (Å²) in [7, 11) is 4.07. The molecule has 0 aliphatic carbocycles. The average Bonchev–Trinajstić information content (AvgIpc) is 2.30. The highest BCUT2D eigenvalue weighted by Gasteiger charge is 2.02. The molecule has 1 heteroatoms. The Labute approximate surface area is 97.3 Å². The van der Waals surface area contributed by atoms with Crippen LogP contribution in [0.15, 0.2) is 48.5 Å². The van der Waals surface area contributed by atoms with Gasteiger partial charge in [0.1, 0.15) is 0 Å². The molecule has 0 unspecified atom stereocenters. The molecular weight excluding hydrogens is 194 g/mol. The van der Waals surface area contributed by atoms with Crippen molar-refractivity contribution >= 4 is 11.4 Å². The van der Waals surface area contributed by atoms with Gasteiger partial charge in [0.2, 0.25) is 0 Å². The van der Waals surface area contributed by atoms with E-state index in [0.717, 1.165) is 11.4 Å². The highest BCUT2D eigenvalue weighted by molar-refractivity contribution is 5.63. The van der Waals surface area contributed by atoms with Crippen LogP contribution in [0, 0.1) is 20.9 Å². The Kier molecular flexibility index (Phi) is 2.95. The summed E-state index contributed by atoms with van der Waals surface area (Å²) in [6.45, 7) is 4.17. The molecule has 0 saturated heterocycles. The molecule has 0 heterocycles. The summed E-state index contributed by atoms with van der Waals surface area (Å²) >= 11 is 0. The lowest BCUT2D eigenvalue weighted by molar-refractivity contribution is 1.27. The minimum absolute atomic E-state index is 1.11. The topological polar surface area (TPSA) is 3.24 Å². The van der Waals surface area contributed by atoms with E-state index in [4.69, 9.17) is 0 Å². The van der Waals surface area contributed by atoms with E-state index in [9.17, 15) is 0 Å². The summed E-state index contributed by atoms with van der Waals surface area (Å²) < 4.78 is 0. The molecule has 0 bridgehead atoms. The third-order valence-corrected chi connectivity index (χ3v) is 2.69. The quantitative estimate of drug-likeness (QED) is 0.716. The van der Waals surface area contributed by atoms with Crippen molar-refractivity contribution in [2.24, 2.45) is 0 Å². The number of anilines is 2. The lowest BCUT2D eigenvalue weighted by atomic mass is 10.2. The molecule has 0 aliphatic rings. The van der Waals surface area contributed by atoms with Gasteiger partial charge >= 0.3 is 0 Å². The van der Waals surface area contributed by atoms with Crippen molar-refractivity contribution in [2.75, 3.05) is 4.90 Å². The maximum atomic E-state index is 4.07. The zero-order valence-electron chi connectivity index (χ0n) is 9.77. The summed E-state index contributed by atoms with van der Waals surface area (Å²) in [5.41, 5.74) is 4.74. The van der Waals surface area contributed by atoms with Crippen LogP contribution in [0.1, 0.15) is 11.1 Å². The van der Waals surface area contributed by atoms with Gasteiger partial charge in [0, 0.05) is 18.4 Å². The fourth-order valence-corrected chi connectivity index (χ4v) is 1.60. The van der Waals surface area contributed by atoms with Gasteiger partial charge in [-0.05, 0) is 38.1 Å². The number of nitrogens with zero attached hydrogens (tertiary/aromatic N) is 1. The molecule has 0 amide bonds. The Morgan fingerprint density at radius 1 is 0.688 bits per heavy atom. The summed E-state index contributed by atoms with van der Waals surface area (Å²) in [5, 5.41) is 0. The standard InChI is InChI=1S/C15H16N/c1-12-4-8-14(9-5-12)16(3)15-10-6-13(2)7-11-15/h4-11H,3H2,1-2H3. The predicted octanol–water partition coefficient (Wildman–Crippen LogP) is 4.23. The van der Waals surface area contributed by atoms with Crippen LogP contribution in [0.4, 0.5) is 11.4 Å². The number of hydrogen-bond donors (Lipinski definition) is 0. The second-order valence-corrected chi connectivity index (χ2v) is 4.10. The fourth-order valence-electron chi connectivity index (χ4n) is 1.60. The van der Waals surface area contributed by atoms with Gasteiger partial charge in [-0.25, -0.2) is 0 Å². The van der Waals surface area contributed by atoms with Gasteiger partial charge in [0.25, 0.3) is 0 Å². The van der Waals surface area contributed by atoms with Crippen molar-refractivity contribution in [1.29, 1.82) is 0 Å². The molecule has 81 valence electrons. The second-order valence-electron chi connectivity index (χ2n) is 4.10. The van der Waals surface area contributed by atoms with E-state index in [0.29, 0.717) is 0 Å². The zero-order chi connectivity index (χ0) is 11.5. The number of benzene rings is 2. The molecule has 0 aromatic heterocycles. The van der Waals surface area contributed by atoms with Crippen LogP contribution >= 0.6 is 0 Å².